The van der Waals surface area contributed by atoms with Crippen molar-refractivity contribution in [1.29, 1.82) is 0 Å². The van der Waals surface area contributed by atoms with Gasteiger partial charge in [0.2, 0.25) is 0 Å². The van der Waals surface area contributed by atoms with Crippen molar-refractivity contribution in [2.75, 3.05) is 19.8 Å². The van der Waals surface area contributed by atoms with Gasteiger partial charge in [0.05, 0.1) is 24.3 Å². The van der Waals surface area contributed by atoms with Gasteiger partial charge in [0.15, 0.2) is 5.82 Å². The number of tetrazole rings is 1. The van der Waals surface area contributed by atoms with E-state index in [2.05, 4.69) is 42.9 Å². The molecule has 0 aliphatic carbocycles. The van der Waals surface area contributed by atoms with Crippen LogP contribution in [0, 0.1) is 6.92 Å². The van der Waals surface area contributed by atoms with E-state index in [-0.39, 0.29) is 17.8 Å². The van der Waals surface area contributed by atoms with Crippen molar-refractivity contribution in [3.05, 3.63) is 74.0 Å². The second kappa shape index (κ2) is 10.8. The van der Waals surface area contributed by atoms with E-state index in [1.807, 2.05) is 35.9 Å². The fraction of sp³-hybridized carbons (Fsp3) is 0.481. The molecule has 0 bridgehead atoms. The number of nitrogens with zero attached hydrogens (tertiary/aromatic N) is 5. The summed E-state index contributed by atoms with van der Waals surface area (Å²) in [7, 11) is 0. The van der Waals surface area contributed by atoms with E-state index in [0.717, 1.165) is 55.4 Å². The number of H-pyrrole nitrogens is 1. The number of aromatic amines is 1. The first-order valence-electron chi connectivity index (χ1n) is 13.0. The van der Waals surface area contributed by atoms with E-state index in [1.165, 1.54) is 4.88 Å². The van der Waals surface area contributed by atoms with Crippen molar-refractivity contribution in [3.8, 4) is 0 Å². The van der Waals surface area contributed by atoms with Gasteiger partial charge >= 0.3 is 0 Å². The number of thiophene rings is 1. The molecule has 5 heterocycles. The molecule has 2 saturated heterocycles. The first-order chi connectivity index (χ1) is 18.2. The maximum Gasteiger partial charge on any atom is 0.253 e. The highest BCUT2D eigenvalue weighted by molar-refractivity contribution is 7.09. The van der Waals surface area contributed by atoms with E-state index in [9.17, 15) is 4.79 Å². The number of hydrogen-bond acceptors (Lipinski definition) is 8. The van der Waals surface area contributed by atoms with Crippen LogP contribution < -0.4 is 5.56 Å². The summed E-state index contributed by atoms with van der Waals surface area (Å²) in [5, 5.41) is 16.0. The van der Waals surface area contributed by atoms with Crippen LogP contribution in [0.15, 0.2) is 46.6 Å². The summed E-state index contributed by atoms with van der Waals surface area (Å²) >= 11 is 1.71. The van der Waals surface area contributed by atoms with Crippen LogP contribution in [-0.4, -0.2) is 62.1 Å². The minimum absolute atomic E-state index is 0.0735. The SMILES string of the molecule is Cc1cccc2cc(C(c3nnnn3CC3CCCO3)N(Cc3cccs3)CC3CCCO3)c(=O)[nH]c12. The van der Waals surface area contributed by atoms with E-state index in [0.29, 0.717) is 31.0 Å². The van der Waals surface area contributed by atoms with Crippen LogP contribution in [0.1, 0.15) is 53.6 Å². The zero-order valence-corrected chi connectivity index (χ0v) is 21.8. The second-order valence-corrected chi connectivity index (χ2v) is 11.0. The summed E-state index contributed by atoms with van der Waals surface area (Å²) in [4.78, 5) is 20.4. The number of aromatic nitrogens is 5. The van der Waals surface area contributed by atoms with Gasteiger partial charge in [-0.3, -0.25) is 9.69 Å². The number of ether oxygens (including phenoxy) is 2. The molecular weight excluding hydrogens is 488 g/mol. The first-order valence-corrected chi connectivity index (χ1v) is 13.9. The Labute approximate surface area is 219 Å². The van der Waals surface area contributed by atoms with Gasteiger partial charge in [-0.2, -0.15) is 0 Å². The van der Waals surface area contributed by atoms with E-state index in [1.54, 1.807) is 11.3 Å². The van der Waals surface area contributed by atoms with Gasteiger partial charge in [-0.15, -0.1) is 16.4 Å². The minimum atomic E-state index is -0.448. The average Bonchev–Trinajstić information content (AvgIpc) is 3.71. The Hall–Kier alpha value is -2.92. The van der Waals surface area contributed by atoms with E-state index < -0.39 is 6.04 Å². The Morgan fingerprint density at radius 3 is 2.76 bits per heavy atom. The molecular formula is C27H32N6O3S. The van der Waals surface area contributed by atoms with Gasteiger partial charge in [-0.05, 0) is 71.5 Å². The lowest BCUT2D eigenvalue weighted by atomic mass is 10.0. The normalized spacial score (nSPS) is 20.8. The molecule has 2 fully saturated rings. The third-order valence-corrected chi connectivity index (χ3v) is 8.24. The maximum absolute atomic E-state index is 13.7. The molecule has 0 radical (unpaired) electrons. The smallest absolute Gasteiger partial charge is 0.253 e. The van der Waals surface area contributed by atoms with Gasteiger partial charge in [0.25, 0.3) is 5.56 Å². The molecule has 3 atom stereocenters. The molecule has 3 aromatic heterocycles. The number of fused-ring (bicyclic) bond motifs is 1. The topological polar surface area (TPSA) is 98.2 Å². The molecule has 9 nitrogen and oxygen atoms in total. The van der Waals surface area contributed by atoms with Gasteiger partial charge in [-0.1, -0.05) is 24.3 Å². The van der Waals surface area contributed by atoms with Gasteiger partial charge in [0, 0.05) is 36.7 Å². The molecule has 1 N–H and O–H groups in total. The van der Waals surface area contributed by atoms with Crippen molar-refractivity contribution in [1.82, 2.24) is 30.1 Å². The molecule has 10 heteroatoms. The zero-order chi connectivity index (χ0) is 25.2. The highest BCUT2D eigenvalue weighted by Gasteiger charge is 2.34. The van der Waals surface area contributed by atoms with Crippen LogP contribution in [-0.2, 0) is 22.6 Å². The minimum Gasteiger partial charge on any atom is -0.377 e. The largest absolute Gasteiger partial charge is 0.377 e. The van der Waals surface area contributed by atoms with Crippen LogP contribution in [0.5, 0.6) is 0 Å². The molecule has 1 aromatic carbocycles. The fourth-order valence-corrected chi connectivity index (χ4v) is 6.26. The molecule has 194 valence electrons. The monoisotopic (exact) mass is 520 g/mol. The first kappa shape index (κ1) is 24.4. The second-order valence-electron chi connectivity index (χ2n) is 9.99. The standard InChI is InChI=1S/C27H32N6O3S/c1-18-6-2-7-19-14-23(27(34)28-24(18)19)25(26-29-30-31-33(26)16-21-9-4-12-36-21)32(15-20-8-3-11-35-20)17-22-10-5-13-37-22/h2,5-7,10,13-14,20-21,25H,3-4,8-9,11-12,15-17H2,1H3,(H,28,34). The molecule has 6 rings (SSSR count). The fourth-order valence-electron chi connectivity index (χ4n) is 5.53. The number of para-hydroxylation sites is 1. The third-order valence-electron chi connectivity index (χ3n) is 7.38. The number of aryl methyl sites for hydroxylation is 1. The summed E-state index contributed by atoms with van der Waals surface area (Å²) in [6.07, 6.45) is 4.25. The van der Waals surface area contributed by atoms with Gasteiger partial charge in [-0.25, -0.2) is 4.68 Å². The van der Waals surface area contributed by atoms with Crippen molar-refractivity contribution >= 4 is 22.2 Å². The van der Waals surface area contributed by atoms with Crippen LogP contribution >= 0.6 is 11.3 Å². The van der Waals surface area contributed by atoms with Crippen molar-refractivity contribution in [2.45, 2.75) is 63.9 Å². The molecule has 4 aromatic rings. The zero-order valence-electron chi connectivity index (χ0n) is 21.0. The van der Waals surface area contributed by atoms with Gasteiger partial charge in [0.1, 0.15) is 6.04 Å². The average molecular weight is 521 g/mol. The van der Waals surface area contributed by atoms with Crippen LogP contribution in [0.2, 0.25) is 0 Å². The van der Waals surface area contributed by atoms with Crippen molar-refractivity contribution in [3.63, 3.8) is 0 Å². The summed E-state index contributed by atoms with van der Waals surface area (Å²) in [5.41, 5.74) is 2.41. The molecule has 2 aliphatic rings. The molecule has 37 heavy (non-hydrogen) atoms. The number of hydrogen-bond donors (Lipinski definition) is 1. The van der Waals surface area contributed by atoms with Crippen molar-refractivity contribution in [2.24, 2.45) is 0 Å². The van der Waals surface area contributed by atoms with Crippen LogP contribution in [0.3, 0.4) is 0 Å². The van der Waals surface area contributed by atoms with E-state index >= 15 is 0 Å². The molecule has 0 amide bonds. The summed E-state index contributed by atoms with van der Waals surface area (Å²) in [6.45, 7) is 5.46. The Kier molecular flexibility index (Phi) is 7.14. The predicted octanol–water partition coefficient (Wildman–Crippen LogP) is 3.83. The highest BCUT2D eigenvalue weighted by atomic mass is 32.1. The summed E-state index contributed by atoms with van der Waals surface area (Å²) in [6, 6.07) is 11.8. The Balaban J connectivity index is 1.47. The predicted molar refractivity (Wildman–Crippen MR) is 142 cm³/mol. The summed E-state index contributed by atoms with van der Waals surface area (Å²) in [5.74, 6) is 0.655. The lowest BCUT2D eigenvalue weighted by molar-refractivity contribution is 0.0559. The molecule has 2 aliphatic heterocycles. The Morgan fingerprint density at radius 1 is 1.16 bits per heavy atom. The van der Waals surface area contributed by atoms with Crippen molar-refractivity contribution < 1.29 is 9.47 Å². The van der Waals surface area contributed by atoms with Gasteiger partial charge < -0.3 is 14.5 Å². The lowest BCUT2D eigenvalue weighted by Gasteiger charge is -2.32. The maximum atomic E-state index is 13.7. The van der Waals surface area contributed by atoms with Crippen LogP contribution in [0.25, 0.3) is 10.9 Å². The number of rotatable bonds is 9. The van der Waals surface area contributed by atoms with E-state index in [4.69, 9.17) is 9.47 Å². The Morgan fingerprint density at radius 2 is 2.00 bits per heavy atom. The molecule has 3 unspecified atom stereocenters. The Bertz CT molecular complexity index is 1390. The molecule has 0 saturated carbocycles. The summed E-state index contributed by atoms with van der Waals surface area (Å²) < 4.78 is 13.8. The number of benzene rings is 1. The van der Waals surface area contributed by atoms with Crippen LogP contribution in [0.4, 0.5) is 0 Å². The highest BCUT2D eigenvalue weighted by Crippen LogP contribution is 2.31. The quantitative estimate of drug-likeness (QED) is 0.358. The number of pyridine rings is 1. The lowest BCUT2D eigenvalue weighted by Crippen LogP contribution is -2.39. The number of nitrogens with one attached hydrogen (secondary N) is 1. The molecule has 0 spiro atoms. The third kappa shape index (κ3) is 5.24.